The predicted octanol–water partition coefficient (Wildman–Crippen LogP) is 2.21. The van der Waals surface area contributed by atoms with E-state index >= 15 is 0 Å². The average Bonchev–Trinajstić information content (AvgIpc) is 2.68. The number of rotatable bonds is 4. The number of benzene rings is 2. The van der Waals surface area contributed by atoms with Gasteiger partial charge in [0, 0.05) is 6.21 Å². The molecule has 1 heterocycles. The van der Waals surface area contributed by atoms with E-state index in [4.69, 9.17) is 0 Å². The highest BCUT2D eigenvalue weighted by Gasteiger charge is 2.41. The molecule has 1 saturated heterocycles. The molecule has 0 radical (unpaired) electrons. The van der Waals surface area contributed by atoms with Gasteiger partial charge in [-0.2, -0.15) is 0 Å². The summed E-state index contributed by atoms with van der Waals surface area (Å²) in [6.45, 7) is 0. The van der Waals surface area contributed by atoms with Crippen LogP contribution in [0.15, 0.2) is 53.5 Å². The SMILES string of the molecule is COC(=O)c1cccc(N=C[C@@H]2C(=O)NC(=O)N(c3ccccc3F)C2=O)c1. The van der Waals surface area contributed by atoms with E-state index in [1.165, 1.54) is 37.4 Å². The standard InChI is InChI=1S/C19H14FN3O5/c1-28-18(26)11-5-4-6-12(9-11)21-10-13-16(24)22-19(27)23(17(13)25)15-8-3-2-7-14(15)20/h2-10,13H,1H3,(H,22,24,27)/t13-/m1/s1. The second-order valence-electron chi connectivity index (χ2n) is 5.72. The summed E-state index contributed by atoms with van der Waals surface area (Å²) in [4.78, 5) is 52.9. The summed E-state index contributed by atoms with van der Waals surface area (Å²) in [5, 5.41) is 2.01. The molecule has 1 atom stereocenters. The van der Waals surface area contributed by atoms with Crippen molar-refractivity contribution in [1.29, 1.82) is 0 Å². The molecule has 1 aliphatic heterocycles. The minimum atomic E-state index is -1.45. The number of carbonyl (C=O) groups excluding carboxylic acids is 4. The van der Waals surface area contributed by atoms with E-state index in [1.807, 2.05) is 5.32 Å². The Bertz CT molecular complexity index is 1000. The third-order valence-corrected chi connectivity index (χ3v) is 3.94. The number of methoxy groups -OCH3 is 1. The lowest BCUT2D eigenvalue weighted by atomic mass is 10.1. The van der Waals surface area contributed by atoms with Gasteiger partial charge in [-0.1, -0.05) is 18.2 Å². The van der Waals surface area contributed by atoms with Crippen LogP contribution in [0.3, 0.4) is 0 Å². The highest BCUT2D eigenvalue weighted by molar-refractivity contribution is 6.32. The van der Waals surface area contributed by atoms with Gasteiger partial charge in [-0.3, -0.25) is 19.9 Å². The number of halogens is 1. The lowest BCUT2D eigenvalue weighted by molar-refractivity contribution is -0.131. The first-order chi connectivity index (χ1) is 13.4. The maximum atomic E-state index is 14.0. The number of hydrogen-bond acceptors (Lipinski definition) is 6. The van der Waals surface area contributed by atoms with Crippen molar-refractivity contribution in [3.63, 3.8) is 0 Å². The molecule has 0 aliphatic carbocycles. The van der Waals surface area contributed by atoms with Crippen LogP contribution in [-0.2, 0) is 14.3 Å². The summed E-state index contributed by atoms with van der Waals surface area (Å²) < 4.78 is 18.6. The van der Waals surface area contributed by atoms with Crippen LogP contribution >= 0.6 is 0 Å². The van der Waals surface area contributed by atoms with Crippen molar-refractivity contribution in [2.45, 2.75) is 0 Å². The van der Waals surface area contributed by atoms with Gasteiger partial charge < -0.3 is 4.74 Å². The number of amides is 4. The third kappa shape index (κ3) is 3.63. The van der Waals surface area contributed by atoms with Crippen molar-refractivity contribution < 1.29 is 28.3 Å². The van der Waals surface area contributed by atoms with E-state index in [2.05, 4.69) is 9.73 Å². The van der Waals surface area contributed by atoms with E-state index in [1.54, 1.807) is 12.1 Å². The zero-order valence-electron chi connectivity index (χ0n) is 14.6. The fourth-order valence-electron chi connectivity index (χ4n) is 2.57. The number of carbonyl (C=O) groups is 4. The fourth-order valence-corrected chi connectivity index (χ4v) is 2.57. The molecule has 0 unspecified atom stereocenters. The van der Waals surface area contributed by atoms with Gasteiger partial charge in [-0.05, 0) is 30.3 Å². The number of nitrogens with zero attached hydrogens (tertiary/aromatic N) is 2. The number of hydrogen-bond donors (Lipinski definition) is 1. The van der Waals surface area contributed by atoms with Crippen LogP contribution in [-0.4, -0.2) is 37.1 Å². The lowest BCUT2D eigenvalue weighted by Crippen LogP contribution is -2.58. The Morgan fingerprint density at radius 2 is 1.93 bits per heavy atom. The highest BCUT2D eigenvalue weighted by atomic mass is 19.1. The van der Waals surface area contributed by atoms with E-state index in [0.29, 0.717) is 4.90 Å². The van der Waals surface area contributed by atoms with Gasteiger partial charge in [0.15, 0.2) is 5.92 Å². The van der Waals surface area contributed by atoms with E-state index in [9.17, 15) is 23.6 Å². The molecule has 142 valence electrons. The van der Waals surface area contributed by atoms with Crippen LogP contribution in [0.2, 0.25) is 0 Å². The number of barbiturate groups is 1. The van der Waals surface area contributed by atoms with Crippen LogP contribution in [0.5, 0.6) is 0 Å². The number of urea groups is 1. The second kappa shape index (κ2) is 7.78. The average molecular weight is 383 g/mol. The summed E-state index contributed by atoms with van der Waals surface area (Å²) in [6, 6.07) is 10.2. The number of aliphatic imine (C=N–C) groups is 1. The normalized spacial score (nSPS) is 17.0. The molecule has 1 aliphatic rings. The van der Waals surface area contributed by atoms with Gasteiger partial charge in [0.05, 0.1) is 24.0 Å². The minimum Gasteiger partial charge on any atom is -0.465 e. The summed E-state index contributed by atoms with van der Waals surface area (Å²) in [5.41, 5.74) is 0.251. The predicted molar refractivity (Wildman–Crippen MR) is 96.8 cm³/mol. The topological polar surface area (TPSA) is 105 Å². The summed E-state index contributed by atoms with van der Waals surface area (Å²) >= 11 is 0. The van der Waals surface area contributed by atoms with Gasteiger partial charge in [-0.15, -0.1) is 0 Å². The summed E-state index contributed by atoms with van der Waals surface area (Å²) in [5.74, 6) is -4.62. The number of nitrogens with one attached hydrogen (secondary N) is 1. The molecule has 2 aromatic carbocycles. The van der Waals surface area contributed by atoms with Crippen molar-refractivity contribution in [1.82, 2.24) is 5.32 Å². The zero-order valence-corrected chi connectivity index (χ0v) is 14.6. The first-order valence-electron chi connectivity index (χ1n) is 8.08. The first kappa shape index (κ1) is 18.9. The van der Waals surface area contributed by atoms with Crippen molar-refractivity contribution in [3.8, 4) is 0 Å². The Morgan fingerprint density at radius 1 is 1.18 bits per heavy atom. The van der Waals surface area contributed by atoms with Crippen LogP contribution < -0.4 is 10.2 Å². The van der Waals surface area contributed by atoms with E-state index < -0.39 is 35.5 Å². The number of para-hydroxylation sites is 1. The van der Waals surface area contributed by atoms with E-state index in [0.717, 1.165) is 12.3 Å². The molecule has 9 heteroatoms. The number of ether oxygens (including phenoxy) is 1. The van der Waals surface area contributed by atoms with Crippen LogP contribution in [0.1, 0.15) is 10.4 Å². The van der Waals surface area contributed by atoms with Crippen molar-refractivity contribution >= 4 is 41.4 Å². The Morgan fingerprint density at radius 3 is 2.64 bits per heavy atom. The van der Waals surface area contributed by atoms with E-state index in [-0.39, 0.29) is 16.9 Å². The molecule has 0 aromatic heterocycles. The second-order valence-corrected chi connectivity index (χ2v) is 5.72. The van der Waals surface area contributed by atoms with Gasteiger partial charge >= 0.3 is 12.0 Å². The molecular formula is C19H14FN3O5. The quantitative estimate of drug-likeness (QED) is 0.495. The number of esters is 1. The van der Waals surface area contributed by atoms with Gasteiger partial charge in [-0.25, -0.2) is 18.9 Å². The molecule has 1 N–H and O–H groups in total. The first-order valence-corrected chi connectivity index (χ1v) is 8.08. The van der Waals surface area contributed by atoms with Crippen molar-refractivity contribution in [3.05, 3.63) is 59.9 Å². The third-order valence-electron chi connectivity index (χ3n) is 3.94. The summed E-state index contributed by atoms with van der Waals surface area (Å²) in [6.07, 6.45) is 1.04. The largest absolute Gasteiger partial charge is 0.465 e. The molecule has 0 bridgehead atoms. The highest BCUT2D eigenvalue weighted by Crippen LogP contribution is 2.23. The molecule has 0 spiro atoms. The monoisotopic (exact) mass is 383 g/mol. The van der Waals surface area contributed by atoms with Crippen LogP contribution in [0, 0.1) is 11.7 Å². The molecule has 2 aromatic rings. The van der Waals surface area contributed by atoms with Gasteiger partial charge in [0.2, 0.25) is 5.91 Å². The maximum absolute atomic E-state index is 14.0. The van der Waals surface area contributed by atoms with Crippen LogP contribution in [0.25, 0.3) is 0 Å². The Balaban J connectivity index is 1.89. The molecule has 3 rings (SSSR count). The maximum Gasteiger partial charge on any atom is 0.337 e. The van der Waals surface area contributed by atoms with Gasteiger partial charge in [0.25, 0.3) is 5.91 Å². The zero-order chi connectivity index (χ0) is 20.3. The summed E-state index contributed by atoms with van der Waals surface area (Å²) in [7, 11) is 1.23. The number of imide groups is 2. The smallest absolute Gasteiger partial charge is 0.337 e. The molecule has 0 saturated carbocycles. The van der Waals surface area contributed by atoms with Crippen molar-refractivity contribution in [2.24, 2.45) is 10.9 Å². The molecule has 8 nitrogen and oxygen atoms in total. The minimum absolute atomic E-state index is 0.236. The lowest BCUT2D eigenvalue weighted by Gasteiger charge is -2.28. The Hall–Kier alpha value is -3.88. The number of anilines is 1. The fraction of sp³-hybridized carbons (Fsp3) is 0.105. The van der Waals surface area contributed by atoms with Crippen LogP contribution in [0.4, 0.5) is 20.6 Å². The Kier molecular flexibility index (Phi) is 5.25. The molecular weight excluding hydrogens is 369 g/mol. The van der Waals surface area contributed by atoms with Gasteiger partial charge in [0.1, 0.15) is 5.82 Å². The Labute approximate surface area is 158 Å². The van der Waals surface area contributed by atoms with Crippen molar-refractivity contribution in [2.75, 3.05) is 12.0 Å². The molecule has 1 fully saturated rings. The molecule has 28 heavy (non-hydrogen) atoms. The molecule has 4 amide bonds.